The van der Waals surface area contributed by atoms with Crippen molar-refractivity contribution in [1.82, 2.24) is 24.6 Å². The van der Waals surface area contributed by atoms with Crippen molar-refractivity contribution in [3.05, 3.63) is 29.7 Å². The van der Waals surface area contributed by atoms with E-state index in [-0.39, 0.29) is 48.3 Å². The molecule has 0 unspecified atom stereocenters. The third-order valence-corrected chi connectivity index (χ3v) is 6.01. The molecule has 1 aliphatic carbocycles. The second-order valence-electron chi connectivity index (χ2n) is 9.02. The summed E-state index contributed by atoms with van der Waals surface area (Å²) in [5.74, 6) is -1.88. The van der Waals surface area contributed by atoms with Crippen LogP contribution in [0.25, 0.3) is 5.95 Å². The van der Waals surface area contributed by atoms with E-state index in [9.17, 15) is 18.0 Å². The average molecular weight is 451 g/mol. The lowest BCUT2D eigenvalue weighted by atomic mass is 9.84. The van der Waals surface area contributed by atoms with Gasteiger partial charge in [-0.15, -0.1) is 0 Å². The lowest BCUT2D eigenvalue weighted by Gasteiger charge is -2.39. The van der Waals surface area contributed by atoms with Crippen molar-refractivity contribution in [2.24, 2.45) is 11.8 Å². The fraction of sp³-hybridized carbons (Fsp3) is 0.636. The second-order valence-corrected chi connectivity index (χ2v) is 9.02. The van der Waals surface area contributed by atoms with Gasteiger partial charge < -0.3 is 9.64 Å². The van der Waals surface area contributed by atoms with Gasteiger partial charge in [0.25, 0.3) is 5.95 Å². The SMILES string of the molecule is CC(C)C(=O)N1CC(Oc2cc(CC3CCC(F)(F)CC3)nc(-n3ccc(CF)n3)n2)C1. The smallest absolute Gasteiger partial charge is 0.254 e. The number of carbonyl (C=O) groups excluding carboxylic acids is 1. The van der Waals surface area contributed by atoms with Crippen LogP contribution in [0.5, 0.6) is 5.88 Å². The molecule has 32 heavy (non-hydrogen) atoms. The molecule has 1 saturated heterocycles. The fourth-order valence-electron chi connectivity index (χ4n) is 4.10. The van der Waals surface area contributed by atoms with Gasteiger partial charge in [-0.1, -0.05) is 13.8 Å². The zero-order chi connectivity index (χ0) is 22.9. The van der Waals surface area contributed by atoms with E-state index < -0.39 is 12.6 Å². The molecule has 4 rings (SSSR count). The highest BCUT2D eigenvalue weighted by molar-refractivity contribution is 5.79. The fourth-order valence-corrected chi connectivity index (χ4v) is 4.10. The standard InChI is InChI=1S/C22H28F3N5O2/c1-14(2)20(31)29-12-18(13-29)32-19-10-17(9-15-3-6-22(24,25)7-4-15)26-21(27-19)30-8-5-16(11-23)28-30/h5,8,10,14-15,18H,3-4,6-7,9,11-13H2,1-2H3. The number of likely N-dealkylation sites (tertiary alicyclic amines) is 1. The Labute approximate surface area is 185 Å². The lowest BCUT2D eigenvalue weighted by Crippen LogP contribution is -2.57. The van der Waals surface area contributed by atoms with E-state index in [4.69, 9.17) is 4.74 Å². The minimum atomic E-state index is -2.58. The maximum atomic E-state index is 13.5. The van der Waals surface area contributed by atoms with Crippen molar-refractivity contribution in [3.63, 3.8) is 0 Å². The number of aromatic nitrogens is 4. The van der Waals surface area contributed by atoms with Gasteiger partial charge in [-0.3, -0.25) is 4.79 Å². The molecule has 0 atom stereocenters. The van der Waals surface area contributed by atoms with Crippen LogP contribution in [0, 0.1) is 11.8 Å². The highest BCUT2D eigenvalue weighted by Gasteiger charge is 2.36. The van der Waals surface area contributed by atoms with E-state index in [2.05, 4.69) is 15.1 Å². The largest absolute Gasteiger partial charge is 0.470 e. The maximum absolute atomic E-state index is 13.5. The van der Waals surface area contributed by atoms with Crippen molar-refractivity contribution in [2.45, 2.75) is 64.7 Å². The zero-order valence-corrected chi connectivity index (χ0v) is 18.3. The predicted molar refractivity (Wildman–Crippen MR) is 110 cm³/mol. The second kappa shape index (κ2) is 9.07. The summed E-state index contributed by atoms with van der Waals surface area (Å²) >= 11 is 0. The van der Waals surface area contributed by atoms with Gasteiger partial charge in [0.15, 0.2) is 0 Å². The molecular weight excluding hydrogens is 423 g/mol. The number of nitrogens with zero attached hydrogens (tertiary/aromatic N) is 5. The van der Waals surface area contributed by atoms with E-state index in [0.29, 0.717) is 43.9 Å². The molecule has 3 heterocycles. The Kier molecular flexibility index (Phi) is 6.39. The minimum Gasteiger partial charge on any atom is -0.470 e. The summed E-state index contributed by atoms with van der Waals surface area (Å²) in [5.41, 5.74) is 0.935. The molecule has 2 fully saturated rings. The highest BCUT2D eigenvalue weighted by atomic mass is 19.3. The van der Waals surface area contributed by atoms with E-state index in [1.54, 1.807) is 23.2 Å². The van der Waals surface area contributed by atoms with E-state index >= 15 is 0 Å². The van der Waals surface area contributed by atoms with Gasteiger partial charge in [0.1, 0.15) is 12.8 Å². The van der Waals surface area contributed by atoms with Crippen LogP contribution in [0.3, 0.4) is 0 Å². The Hall–Kier alpha value is -2.65. The topological polar surface area (TPSA) is 73.1 Å². The Balaban J connectivity index is 1.49. The Morgan fingerprint density at radius 2 is 1.94 bits per heavy atom. The van der Waals surface area contributed by atoms with E-state index in [0.717, 1.165) is 0 Å². The van der Waals surface area contributed by atoms with E-state index in [1.807, 2.05) is 13.8 Å². The van der Waals surface area contributed by atoms with Crippen LogP contribution >= 0.6 is 0 Å². The van der Waals surface area contributed by atoms with E-state index in [1.165, 1.54) is 4.68 Å². The summed E-state index contributed by atoms with van der Waals surface area (Å²) in [5, 5.41) is 4.12. The summed E-state index contributed by atoms with van der Waals surface area (Å²) in [7, 11) is 0. The van der Waals surface area contributed by atoms with Crippen LogP contribution in [0.1, 0.15) is 50.9 Å². The summed E-state index contributed by atoms with van der Waals surface area (Å²) < 4.78 is 47.3. The first-order valence-corrected chi connectivity index (χ1v) is 11.0. The van der Waals surface area contributed by atoms with Crippen molar-refractivity contribution in [3.8, 4) is 11.8 Å². The number of halogens is 3. The van der Waals surface area contributed by atoms with Crippen LogP contribution in [-0.4, -0.2) is 55.7 Å². The number of rotatable bonds is 7. The Bertz CT molecular complexity index is 949. The van der Waals surface area contributed by atoms with Gasteiger partial charge in [-0.25, -0.2) is 22.8 Å². The van der Waals surface area contributed by atoms with Gasteiger partial charge >= 0.3 is 0 Å². The maximum Gasteiger partial charge on any atom is 0.254 e. The molecule has 1 saturated carbocycles. The molecule has 1 amide bonds. The van der Waals surface area contributed by atoms with Crippen molar-refractivity contribution in [2.75, 3.05) is 13.1 Å². The third kappa shape index (κ3) is 5.21. The molecular formula is C22H28F3N5O2. The number of hydrogen-bond donors (Lipinski definition) is 0. The summed E-state index contributed by atoms with van der Waals surface area (Å²) in [6.45, 7) is 3.98. The molecule has 2 aromatic heterocycles. The monoisotopic (exact) mass is 451 g/mol. The minimum absolute atomic E-state index is 0.0689. The Morgan fingerprint density at radius 3 is 2.56 bits per heavy atom. The van der Waals surface area contributed by atoms with Crippen LogP contribution in [-0.2, 0) is 17.9 Å². The number of ether oxygens (including phenoxy) is 1. The van der Waals surface area contributed by atoms with Crippen LogP contribution in [0.4, 0.5) is 13.2 Å². The zero-order valence-electron chi connectivity index (χ0n) is 18.3. The summed E-state index contributed by atoms with van der Waals surface area (Å²) in [6, 6.07) is 3.27. The number of hydrogen-bond acceptors (Lipinski definition) is 5. The molecule has 0 N–H and O–H groups in total. The van der Waals surface area contributed by atoms with Gasteiger partial charge in [0.2, 0.25) is 17.7 Å². The van der Waals surface area contributed by atoms with Crippen LogP contribution < -0.4 is 4.74 Å². The molecule has 2 aliphatic rings. The molecule has 0 aromatic carbocycles. The van der Waals surface area contributed by atoms with Gasteiger partial charge in [0, 0.05) is 31.0 Å². The first kappa shape index (κ1) is 22.5. The molecule has 2 aromatic rings. The van der Waals surface area contributed by atoms with Crippen LogP contribution in [0.2, 0.25) is 0 Å². The number of amides is 1. The number of carbonyl (C=O) groups is 1. The van der Waals surface area contributed by atoms with Gasteiger partial charge in [0.05, 0.1) is 24.5 Å². The van der Waals surface area contributed by atoms with Crippen LogP contribution in [0.15, 0.2) is 18.3 Å². The molecule has 10 heteroatoms. The molecule has 7 nitrogen and oxygen atoms in total. The average Bonchev–Trinajstić information content (AvgIpc) is 3.21. The quantitative estimate of drug-likeness (QED) is 0.641. The molecule has 0 radical (unpaired) electrons. The normalized spacial score (nSPS) is 19.2. The highest BCUT2D eigenvalue weighted by Crippen LogP contribution is 2.37. The molecule has 174 valence electrons. The number of alkyl halides is 3. The molecule has 0 spiro atoms. The van der Waals surface area contributed by atoms with Crippen molar-refractivity contribution >= 4 is 5.91 Å². The third-order valence-electron chi connectivity index (χ3n) is 6.01. The molecule has 0 bridgehead atoms. The van der Waals surface area contributed by atoms with Crippen molar-refractivity contribution < 1.29 is 22.7 Å². The van der Waals surface area contributed by atoms with Gasteiger partial charge in [-0.05, 0) is 31.2 Å². The predicted octanol–water partition coefficient (Wildman–Crippen LogP) is 3.75. The van der Waals surface area contributed by atoms with Crippen molar-refractivity contribution in [1.29, 1.82) is 0 Å². The lowest BCUT2D eigenvalue weighted by molar-refractivity contribution is -0.143. The Morgan fingerprint density at radius 1 is 1.22 bits per heavy atom. The first-order chi connectivity index (χ1) is 15.2. The van der Waals surface area contributed by atoms with Gasteiger partial charge in [-0.2, -0.15) is 10.1 Å². The summed E-state index contributed by atoms with van der Waals surface area (Å²) in [4.78, 5) is 22.8. The molecule has 1 aliphatic heterocycles. The summed E-state index contributed by atoms with van der Waals surface area (Å²) in [6.07, 6.45) is 2.57. The first-order valence-electron chi connectivity index (χ1n) is 11.0.